The third kappa shape index (κ3) is 6.02. The lowest BCUT2D eigenvalue weighted by atomic mass is 10.1. The quantitative estimate of drug-likeness (QED) is 0.374. The first-order chi connectivity index (χ1) is 18.5. The Hall–Kier alpha value is -4.02. The number of sulfone groups is 1. The number of nitrogens with zero attached hydrogens (tertiary/aromatic N) is 1. The summed E-state index contributed by atoms with van der Waals surface area (Å²) in [4.78, 5) is 49.6. The van der Waals surface area contributed by atoms with Gasteiger partial charge in [-0.1, -0.05) is 17.9 Å². The van der Waals surface area contributed by atoms with Crippen molar-refractivity contribution in [1.82, 2.24) is 4.90 Å². The van der Waals surface area contributed by atoms with Gasteiger partial charge in [-0.2, -0.15) is 4.90 Å². The first-order valence-corrected chi connectivity index (χ1v) is 13.8. The summed E-state index contributed by atoms with van der Waals surface area (Å²) in [7, 11) is -0.809. The van der Waals surface area contributed by atoms with Gasteiger partial charge in [0.05, 0.1) is 26.2 Å². The van der Waals surface area contributed by atoms with E-state index in [9.17, 15) is 27.6 Å². The number of anilines is 1. The zero-order chi connectivity index (χ0) is 28.8. The lowest BCUT2D eigenvalue weighted by Crippen LogP contribution is -2.47. The van der Waals surface area contributed by atoms with Crippen LogP contribution in [0.2, 0.25) is 0 Å². The maximum atomic E-state index is 13.8. The molecule has 13 heteroatoms. The number of unbranched alkanes of at least 4 members (excludes halogenated alkanes) is 1. The summed E-state index contributed by atoms with van der Waals surface area (Å²) in [5.74, 6) is 5.12. The van der Waals surface area contributed by atoms with Crippen molar-refractivity contribution >= 4 is 50.6 Å². The van der Waals surface area contributed by atoms with Gasteiger partial charge in [-0.25, -0.2) is 18.0 Å². The number of hydrogen-bond donors (Lipinski definition) is 1. The van der Waals surface area contributed by atoms with Gasteiger partial charge in [0.25, 0.3) is 11.1 Å². The monoisotopic (exact) mass is 574 g/mol. The van der Waals surface area contributed by atoms with Crippen LogP contribution in [0.5, 0.6) is 5.75 Å². The second-order valence-electron chi connectivity index (χ2n) is 8.21. The molecule has 1 fully saturated rings. The number of imide groups is 3. The second kappa shape index (κ2) is 12.2. The van der Waals surface area contributed by atoms with Crippen LogP contribution in [0.15, 0.2) is 47.4 Å². The minimum Gasteiger partial charge on any atom is -0.497 e. The highest BCUT2D eigenvalue weighted by molar-refractivity contribution is 8.25. The molecule has 0 bridgehead atoms. The topological polar surface area (TPSA) is 145 Å². The first kappa shape index (κ1) is 29.5. The average molecular weight is 575 g/mol. The van der Waals surface area contributed by atoms with Crippen LogP contribution in [0.3, 0.4) is 0 Å². The van der Waals surface area contributed by atoms with Gasteiger partial charge >= 0.3 is 12.2 Å². The Kier molecular flexibility index (Phi) is 9.26. The van der Waals surface area contributed by atoms with Crippen molar-refractivity contribution in [3.05, 3.63) is 53.6 Å². The molecular formula is C26H26N2O9S2. The summed E-state index contributed by atoms with van der Waals surface area (Å²) in [5.41, 5.74) is 1.95. The van der Waals surface area contributed by atoms with Crippen molar-refractivity contribution in [3.63, 3.8) is 0 Å². The minimum atomic E-state index is -4.46. The van der Waals surface area contributed by atoms with Crippen LogP contribution < -0.4 is 10.1 Å². The fraction of sp³-hybridized carbons (Fsp3) is 0.308. The predicted molar refractivity (Wildman–Crippen MR) is 143 cm³/mol. The fourth-order valence-corrected chi connectivity index (χ4v) is 7.22. The van der Waals surface area contributed by atoms with Crippen molar-refractivity contribution in [2.24, 2.45) is 0 Å². The maximum absolute atomic E-state index is 13.8. The summed E-state index contributed by atoms with van der Waals surface area (Å²) >= 11 is 0.268. The molecule has 1 aliphatic heterocycles. The lowest BCUT2D eigenvalue weighted by Gasteiger charge is -2.25. The Morgan fingerprint density at radius 1 is 1.05 bits per heavy atom. The van der Waals surface area contributed by atoms with Gasteiger partial charge in [-0.15, -0.1) is 0 Å². The Morgan fingerprint density at radius 2 is 1.74 bits per heavy atom. The van der Waals surface area contributed by atoms with Crippen LogP contribution in [-0.4, -0.2) is 62.1 Å². The molecule has 3 rings (SSSR count). The van der Waals surface area contributed by atoms with E-state index in [0.29, 0.717) is 17.0 Å². The zero-order valence-electron chi connectivity index (χ0n) is 21.6. The standard InChI is InChI=1S/C26H26N2O9S2/c1-17-9-10-19(27-23(30)36-3)16-18(17)8-6-5-7-15-26(22(29)28(24(31)37-4)25(32)38-26)39(33,34)21-13-11-20(35-2)12-14-21/h9-14,16H,5,7,15H2,1-4H3,(H,27,30). The zero-order valence-corrected chi connectivity index (χ0v) is 23.2. The number of carbonyl (C=O) groups is 4. The van der Waals surface area contributed by atoms with Crippen LogP contribution in [0, 0.1) is 18.8 Å². The van der Waals surface area contributed by atoms with Crippen molar-refractivity contribution in [1.29, 1.82) is 0 Å². The smallest absolute Gasteiger partial charge is 0.424 e. The van der Waals surface area contributed by atoms with Gasteiger partial charge < -0.3 is 14.2 Å². The Labute approximate surface area is 230 Å². The molecule has 0 radical (unpaired) electrons. The molecule has 1 saturated heterocycles. The molecule has 0 aliphatic carbocycles. The van der Waals surface area contributed by atoms with Crippen LogP contribution in [0.4, 0.5) is 20.1 Å². The number of benzene rings is 2. The number of carbonyl (C=O) groups excluding carboxylic acids is 4. The average Bonchev–Trinajstić information content (AvgIpc) is 3.19. The van der Waals surface area contributed by atoms with E-state index in [1.165, 1.54) is 38.5 Å². The van der Waals surface area contributed by atoms with Crippen molar-refractivity contribution in [2.75, 3.05) is 26.6 Å². The van der Waals surface area contributed by atoms with E-state index >= 15 is 0 Å². The molecule has 0 aromatic heterocycles. The molecule has 1 aliphatic rings. The molecule has 1 atom stereocenters. The molecular weight excluding hydrogens is 548 g/mol. The Bertz CT molecular complexity index is 1460. The highest BCUT2D eigenvalue weighted by Gasteiger charge is 2.63. The highest BCUT2D eigenvalue weighted by Crippen LogP contribution is 2.48. The third-order valence-corrected chi connectivity index (χ3v) is 9.94. The number of aryl methyl sites for hydroxylation is 1. The number of hydrogen-bond acceptors (Lipinski definition) is 10. The molecule has 1 unspecified atom stereocenters. The molecule has 1 N–H and O–H groups in total. The van der Waals surface area contributed by atoms with E-state index in [1.54, 1.807) is 18.2 Å². The van der Waals surface area contributed by atoms with Gasteiger partial charge in [0.2, 0.25) is 13.9 Å². The summed E-state index contributed by atoms with van der Waals surface area (Å²) in [5, 5.41) is 1.51. The van der Waals surface area contributed by atoms with E-state index in [2.05, 4.69) is 26.6 Å². The largest absolute Gasteiger partial charge is 0.497 e. The highest BCUT2D eigenvalue weighted by atomic mass is 32.3. The van der Waals surface area contributed by atoms with Crippen LogP contribution >= 0.6 is 11.8 Å². The SMILES string of the molecule is COC(=O)Nc1ccc(C)c(C#CCCCC2(S(=O)(=O)c3ccc(OC)cc3)SC(=O)N(C(=O)OC)C2=O)c1. The molecule has 2 aromatic carbocycles. The van der Waals surface area contributed by atoms with Gasteiger partial charge in [0.1, 0.15) is 5.75 Å². The summed E-state index contributed by atoms with van der Waals surface area (Å²) in [6, 6.07) is 10.5. The van der Waals surface area contributed by atoms with Crippen molar-refractivity contribution < 1.29 is 41.8 Å². The van der Waals surface area contributed by atoms with Crippen LogP contribution in [-0.2, 0) is 24.1 Å². The molecule has 2 aromatic rings. The number of rotatable bonds is 7. The summed E-state index contributed by atoms with van der Waals surface area (Å²) in [6.45, 7) is 1.84. The van der Waals surface area contributed by atoms with E-state index in [0.717, 1.165) is 12.7 Å². The normalized spacial score (nSPS) is 16.8. The third-order valence-electron chi connectivity index (χ3n) is 5.82. The van der Waals surface area contributed by atoms with Gasteiger partial charge in [0.15, 0.2) is 0 Å². The summed E-state index contributed by atoms with van der Waals surface area (Å²) < 4.78 is 39.4. The lowest BCUT2D eigenvalue weighted by molar-refractivity contribution is -0.126. The molecule has 0 saturated carbocycles. The van der Waals surface area contributed by atoms with E-state index in [1.807, 2.05) is 6.92 Å². The summed E-state index contributed by atoms with van der Waals surface area (Å²) in [6.07, 6.45) is -1.89. The van der Waals surface area contributed by atoms with Crippen molar-refractivity contribution in [3.8, 4) is 17.6 Å². The van der Waals surface area contributed by atoms with Crippen LogP contribution in [0.25, 0.3) is 0 Å². The molecule has 39 heavy (non-hydrogen) atoms. The van der Waals surface area contributed by atoms with E-state index in [-0.39, 0.29) is 40.8 Å². The fourth-order valence-electron chi connectivity index (χ4n) is 3.71. The van der Waals surface area contributed by atoms with E-state index in [4.69, 9.17) is 4.74 Å². The van der Waals surface area contributed by atoms with E-state index < -0.39 is 37.2 Å². The van der Waals surface area contributed by atoms with Gasteiger partial charge in [0, 0.05) is 17.7 Å². The number of methoxy groups -OCH3 is 3. The molecule has 11 nitrogen and oxygen atoms in total. The van der Waals surface area contributed by atoms with Gasteiger partial charge in [-0.3, -0.25) is 14.9 Å². The second-order valence-corrected chi connectivity index (χ2v) is 11.9. The Morgan fingerprint density at radius 3 is 2.36 bits per heavy atom. The first-order valence-electron chi connectivity index (χ1n) is 11.5. The number of nitrogens with one attached hydrogen (secondary N) is 1. The molecule has 206 valence electrons. The van der Waals surface area contributed by atoms with Crippen LogP contribution in [0.1, 0.15) is 30.4 Å². The Balaban J connectivity index is 1.88. The molecule has 1 heterocycles. The minimum absolute atomic E-state index is 0.114. The molecule has 4 amide bonds. The van der Waals surface area contributed by atoms with Gasteiger partial charge in [-0.05, 0) is 73.5 Å². The molecule has 0 spiro atoms. The predicted octanol–water partition coefficient (Wildman–Crippen LogP) is 4.34. The number of thioether (sulfide) groups is 1. The number of amides is 4. The van der Waals surface area contributed by atoms with Crippen molar-refractivity contribution in [2.45, 2.75) is 35.2 Å². The number of ether oxygens (including phenoxy) is 3. The maximum Gasteiger partial charge on any atom is 0.424 e.